The summed E-state index contributed by atoms with van der Waals surface area (Å²) in [6, 6.07) is 13.3. The number of carbonyl (C=O) groups excluding carboxylic acids is 2. The molecule has 0 aliphatic carbocycles. The first-order valence-electron chi connectivity index (χ1n) is 13.9. The average Bonchev–Trinajstić information content (AvgIpc) is 2.90. The number of piperidine rings is 1. The lowest BCUT2D eigenvalue weighted by molar-refractivity contribution is -0.135. The summed E-state index contributed by atoms with van der Waals surface area (Å²) < 4.78 is 40.8. The van der Waals surface area contributed by atoms with Crippen LogP contribution in [0.4, 0.5) is 4.39 Å². The second-order valence-electron chi connectivity index (χ2n) is 10.8. The van der Waals surface area contributed by atoms with Gasteiger partial charge in [0.2, 0.25) is 15.9 Å². The Hall–Kier alpha value is -2.78. The number of amides is 2. The SMILES string of the molecule is CCCS(=O)(=O)N(CCC(C)C)CC(=O)N(Cc1ccccc1C)C1CCN(C(=O)c2ccc(F)cc2)CC1. The molecule has 0 N–H and O–H groups in total. The third-order valence-electron chi connectivity index (χ3n) is 7.33. The summed E-state index contributed by atoms with van der Waals surface area (Å²) in [5, 5.41) is 0. The maximum atomic E-state index is 13.8. The van der Waals surface area contributed by atoms with E-state index in [-0.39, 0.29) is 36.0 Å². The first-order chi connectivity index (χ1) is 18.5. The van der Waals surface area contributed by atoms with Gasteiger partial charge in [0.1, 0.15) is 5.82 Å². The van der Waals surface area contributed by atoms with Crippen molar-refractivity contribution in [3.05, 3.63) is 71.0 Å². The number of halogens is 1. The van der Waals surface area contributed by atoms with Crippen LogP contribution in [0.3, 0.4) is 0 Å². The Labute approximate surface area is 233 Å². The van der Waals surface area contributed by atoms with Crippen molar-refractivity contribution in [3.8, 4) is 0 Å². The van der Waals surface area contributed by atoms with Gasteiger partial charge in [-0.2, -0.15) is 4.31 Å². The maximum absolute atomic E-state index is 13.8. The van der Waals surface area contributed by atoms with Gasteiger partial charge in [-0.05, 0) is 73.9 Å². The molecule has 2 aromatic rings. The van der Waals surface area contributed by atoms with E-state index in [9.17, 15) is 22.4 Å². The Bertz CT molecular complexity index is 1210. The molecule has 9 heteroatoms. The quantitative estimate of drug-likeness (QED) is 0.372. The number of hydrogen-bond donors (Lipinski definition) is 0. The monoisotopic (exact) mass is 559 g/mol. The van der Waals surface area contributed by atoms with E-state index in [0.717, 1.165) is 11.1 Å². The second kappa shape index (κ2) is 14.0. The highest BCUT2D eigenvalue weighted by Crippen LogP contribution is 2.23. The van der Waals surface area contributed by atoms with Crippen LogP contribution < -0.4 is 0 Å². The molecule has 39 heavy (non-hydrogen) atoms. The van der Waals surface area contributed by atoms with Crippen LogP contribution in [0.2, 0.25) is 0 Å². The molecule has 0 spiro atoms. The Balaban J connectivity index is 1.79. The molecule has 0 atom stereocenters. The predicted octanol–water partition coefficient (Wildman–Crippen LogP) is 4.86. The number of hydrogen-bond acceptors (Lipinski definition) is 4. The van der Waals surface area contributed by atoms with Crippen LogP contribution in [0.1, 0.15) is 67.9 Å². The van der Waals surface area contributed by atoms with Gasteiger partial charge >= 0.3 is 0 Å². The summed E-state index contributed by atoms with van der Waals surface area (Å²) in [5.41, 5.74) is 2.51. The third-order valence-corrected chi connectivity index (χ3v) is 9.35. The molecular formula is C30H42FN3O4S. The first-order valence-corrected chi connectivity index (χ1v) is 15.5. The molecule has 214 valence electrons. The number of nitrogens with zero attached hydrogens (tertiary/aromatic N) is 3. The minimum absolute atomic E-state index is 0.0139. The van der Waals surface area contributed by atoms with E-state index >= 15 is 0 Å². The van der Waals surface area contributed by atoms with Gasteiger partial charge in [0.05, 0.1) is 12.3 Å². The zero-order chi connectivity index (χ0) is 28.6. The summed E-state index contributed by atoms with van der Waals surface area (Å²) >= 11 is 0. The molecule has 1 saturated heterocycles. The second-order valence-corrected chi connectivity index (χ2v) is 12.9. The number of benzene rings is 2. The van der Waals surface area contributed by atoms with Crippen molar-refractivity contribution in [1.29, 1.82) is 0 Å². The molecule has 1 fully saturated rings. The number of likely N-dealkylation sites (tertiary alicyclic amines) is 1. The minimum Gasteiger partial charge on any atom is -0.338 e. The Morgan fingerprint density at radius 1 is 1.05 bits per heavy atom. The fraction of sp³-hybridized carbons (Fsp3) is 0.533. The van der Waals surface area contributed by atoms with E-state index in [1.165, 1.54) is 28.6 Å². The van der Waals surface area contributed by atoms with Gasteiger partial charge in [-0.25, -0.2) is 12.8 Å². The minimum atomic E-state index is -3.56. The number of carbonyl (C=O) groups is 2. The van der Waals surface area contributed by atoms with E-state index in [1.807, 2.05) is 56.9 Å². The van der Waals surface area contributed by atoms with Crippen molar-refractivity contribution in [2.24, 2.45) is 5.92 Å². The average molecular weight is 560 g/mol. The molecule has 3 rings (SSSR count). The smallest absolute Gasteiger partial charge is 0.253 e. The van der Waals surface area contributed by atoms with Gasteiger partial charge in [-0.1, -0.05) is 45.0 Å². The number of rotatable bonds is 12. The van der Waals surface area contributed by atoms with Crippen molar-refractivity contribution in [3.63, 3.8) is 0 Å². The summed E-state index contributed by atoms with van der Waals surface area (Å²) in [6.45, 7) is 9.34. The van der Waals surface area contributed by atoms with Crippen LogP contribution >= 0.6 is 0 Å². The van der Waals surface area contributed by atoms with E-state index in [1.54, 1.807) is 4.90 Å². The standard InChI is InChI=1S/C30H42FN3O4S/c1-5-20-39(37,38)33(19-14-23(2)3)22-29(35)34(21-26-9-7-6-8-24(26)4)28-15-17-32(18-16-28)30(36)25-10-12-27(31)13-11-25/h6-13,23,28H,5,14-22H2,1-4H3. The lowest BCUT2D eigenvalue weighted by Gasteiger charge is -2.39. The molecule has 0 unspecified atom stereocenters. The summed E-state index contributed by atoms with van der Waals surface area (Å²) in [7, 11) is -3.56. The fourth-order valence-corrected chi connectivity index (χ4v) is 6.36. The first kappa shape index (κ1) is 30.8. The summed E-state index contributed by atoms with van der Waals surface area (Å²) in [4.78, 5) is 30.3. The van der Waals surface area contributed by atoms with Crippen LogP contribution in [0.5, 0.6) is 0 Å². The van der Waals surface area contributed by atoms with Gasteiger partial charge in [-0.15, -0.1) is 0 Å². The predicted molar refractivity (Wildman–Crippen MR) is 152 cm³/mol. The van der Waals surface area contributed by atoms with Crippen LogP contribution in [0, 0.1) is 18.7 Å². The molecule has 1 aliphatic heterocycles. The molecule has 1 aliphatic rings. The van der Waals surface area contributed by atoms with E-state index in [0.29, 0.717) is 63.3 Å². The van der Waals surface area contributed by atoms with Gasteiger partial charge in [0, 0.05) is 37.8 Å². The molecule has 2 amide bonds. The van der Waals surface area contributed by atoms with E-state index in [2.05, 4.69) is 0 Å². The summed E-state index contributed by atoms with van der Waals surface area (Å²) in [6.07, 6.45) is 2.33. The molecule has 1 heterocycles. The van der Waals surface area contributed by atoms with Crippen LogP contribution in [0.15, 0.2) is 48.5 Å². The molecular weight excluding hydrogens is 517 g/mol. The van der Waals surface area contributed by atoms with Crippen LogP contribution in [-0.2, 0) is 21.4 Å². The van der Waals surface area contributed by atoms with Crippen molar-refractivity contribution in [1.82, 2.24) is 14.1 Å². The molecule has 0 radical (unpaired) electrons. The normalized spacial score (nSPS) is 14.7. The number of aryl methyl sites for hydroxylation is 1. The van der Waals surface area contributed by atoms with Crippen LogP contribution in [0.25, 0.3) is 0 Å². The third kappa shape index (κ3) is 8.60. The maximum Gasteiger partial charge on any atom is 0.253 e. The van der Waals surface area contributed by atoms with Gasteiger partial charge in [0.25, 0.3) is 5.91 Å². The topological polar surface area (TPSA) is 78.0 Å². The van der Waals surface area contributed by atoms with Gasteiger partial charge in [-0.3, -0.25) is 9.59 Å². The highest BCUT2D eigenvalue weighted by molar-refractivity contribution is 7.89. The Morgan fingerprint density at radius 2 is 1.69 bits per heavy atom. The highest BCUT2D eigenvalue weighted by atomic mass is 32.2. The van der Waals surface area contributed by atoms with Crippen LogP contribution in [-0.4, -0.2) is 72.3 Å². The molecule has 0 bridgehead atoms. The van der Waals surface area contributed by atoms with E-state index in [4.69, 9.17) is 0 Å². The molecule has 7 nitrogen and oxygen atoms in total. The van der Waals surface area contributed by atoms with Crippen molar-refractivity contribution in [2.75, 3.05) is 31.9 Å². The Kier molecular flexibility index (Phi) is 11.1. The molecule has 0 saturated carbocycles. The van der Waals surface area contributed by atoms with Gasteiger partial charge < -0.3 is 9.80 Å². The highest BCUT2D eigenvalue weighted by Gasteiger charge is 2.33. The zero-order valence-electron chi connectivity index (χ0n) is 23.6. The lowest BCUT2D eigenvalue weighted by atomic mass is 10.00. The zero-order valence-corrected chi connectivity index (χ0v) is 24.4. The van der Waals surface area contributed by atoms with Crippen molar-refractivity contribution < 1.29 is 22.4 Å². The van der Waals surface area contributed by atoms with Gasteiger partial charge in [0.15, 0.2) is 0 Å². The molecule has 0 aromatic heterocycles. The number of sulfonamides is 1. The Morgan fingerprint density at radius 3 is 2.28 bits per heavy atom. The molecule has 2 aromatic carbocycles. The van der Waals surface area contributed by atoms with Crippen molar-refractivity contribution >= 4 is 21.8 Å². The summed E-state index contributed by atoms with van der Waals surface area (Å²) in [5.74, 6) is -0.440. The lowest BCUT2D eigenvalue weighted by Crippen LogP contribution is -2.51. The van der Waals surface area contributed by atoms with E-state index < -0.39 is 10.0 Å². The largest absolute Gasteiger partial charge is 0.338 e. The fourth-order valence-electron chi connectivity index (χ4n) is 4.90. The van der Waals surface area contributed by atoms with Crippen molar-refractivity contribution in [2.45, 2.75) is 66.0 Å².